The highest BCUT2D eigenvalue weighted by Crippen LogP contribution is 2.31. The number of halogens is 1. The predicted octanol–water partition coefficient (Wildman–Crippen LogP) is 1.28. The van der Waals surface area contributed by atoms with Crippen LogP contribution in [0.5, 0.6) is 0 Å². The second-order valence-electron chi connectivity index (χ2n) is 6.21. The molecule has 0 aromatic heterocycles. The molecule has 1 aromatic carbocycles. The first-order valence-electron chi connectivity index (χ1n) is 7.38. The minimum Gasteiger partial charge on any atom is -0.352 e. The van der Waals surface area contributed by atoms with Crippen molar-refractivity contribution in [2.45, 2.75) is 49.6 Å². The van der Waals surface area contributed by atoms with Gasteiger partial charge in [0.1, 0.15) is 0 Å². The summed E-state index contributed by atoms with van der Waals surface area (Å²) < 4.78 is 22.4. The monoisotopic (exact) mass is 361 g/mol. The Morgan fingerprint density at radius 2 is 1.91 bits per heavy atom. The fourth-order valence-electron chi connectivity index (χ4n) is 2.90. The van der Waals surface area contributed by atoms with E-state index in [1.54, 1.807) is 12.1 Å². The molecule has 0 saturated heterocycles. The molecule has 0 radical (unpaired) electrons. The number of nitrogens with one attached hydrogen (secondary N) is 1. The van der Waals surface area contributed by atoms with Crippen molar-refractivity contribution in [2.24, 2.45) is 16.8 Å². The minimum atomic E-state index is -3.69. The number of rotatable bonds is 4. The van der Waals surface area contributed by atoms with Gasteiger partial charge in [0.15, 0.2) is 0 Å². The Labute approximate surface area is 143 Å². The van der Waals surface area contributed by atoms with E-state index in [2.05, 4.69) is 5.32 Å². The second-order valence-corrected chi connectivity index (χ2v) is 7.77. The van der Waals surface area contributed by atoms with E-state index in [9.17, 15) is 13.2 Å². The fraction of sp³-hybridized carbons (Fsp3) is 0.533. The van der Waals surface area contributed by atoms with Gasteiger partial charge >= 0.3 is 0 Å². The third-order valence-corrected chi connectivity index (χ3v) is 5.22. The highest BCUT2D eigenvalue weighted by Gasteiger charge is 2.37. The van der Waals surface area contributed by atoms with E-state index in [-0.39, 0.29) is 29.1 Å². The number of benzene rings is 1. The van der Waals surface area contributed by atoms with Crippen LogP contribution in [0.4, 0.5) is 0 Å². The number of nitrogens with two attached hydrogens (primary N) is 2. The van der Waals surface area contributed by atoms with Crippen LogP contribution in [0.1, 0.15) is 38.2 Å². The first-order valence-corrected chi connectivity index (χ1v) is 8.93. The number of primary sulfonamides is 1. The SMILES string of the molecule is CC1(N)CCCCC1C(=O)NCc1ccc(S(N)(=O)=O)cc1.Cl. The van der Waals surface area contributed by atoms with Gasteiger partial charge in [-0.15, -0.1) is 12.4 Å². The normalized spacial score (nSPS) is 24.6. The summed E-state index contributed by atoms with van der Waals surface area (Å²) >= 11 is 0. The lowest BCUT2D eigenvalue weighted by atomic mass is 9.74. The molecule has 130 valence electrons. The van der Waals surface area contributed by atoms with Gasteiger partial charge in [-0.25, -0.2) is 13.6 Å². The van der Waals surface area contributed by atoms with Gasteiger partial charge in [0.25, 0.3) is 0 Å². The fourth-order valence-corrected chi connectivity index (χ4v) is 3.41. The Hall–Kier alpha value is -1.15. The molecule has 1 aromatic rings. The van der Waals surface area contributed by atoms with Crippen LogP contribution in [0, 0.1) is 5.92 Å². The van der Waals surface area contributed by atoms with Crippen molar-refractivity contribution in [2.75, 3.05) is 0 Å². The number of hydrogen-bond donors (Lipinski definition) is 3. The molecule has 1 aliphatic carbocycles. The summed E-state index contributed by atoms with van der Waals surface area (Å²) in [5.74, 6) is -0.217. The third-order valence-electron chi connectivity index (χ3n) is 4.29. The highest BCUT2D eigenvalue weighted by atomic mass is 35.5. The number of hydrogen-bond acceptors (Lipinski definition) is 4. The maximum absolute atomic E-state index is 12.3. The molecule has 1 amide bonds. The van der Waals surface area contributed by atoms with E-state index < -0.39 is 15.6 Å². The molecular formula is C15H24ClN3O3S. The summed E-state index contributed by atoms with van der Waals surface area (Å²) in [6.45, 7) is 2.27. The van der Waals surface area contributed by atoms with Gasteiger partial charge in [0.2, 0.25) is 15.9 Å². The van der Waals surface area contributed by atoms with Gasteiger partial charge in [-0.3, -0.25) is 4.79 Å². The molecule has 0 bridgehead atoms. The Kier molecular flexibility index (Phi) is 6.59. The summed E-state index contributed by atoms with van der Waals surface area (Å²) in [6.07, 6.45) is 3.75. The maximum Gasteiger partial charge on any atom is 0.238 e. The van der Waals surface area contributed by atoms with Crippen LogP contribution >= 0.6 is 12.4 Å². The van der Waals surface area contributed by atoms with Crippen LogP contribution in [-0.2, 0) is 21.4 Å². The molecule has 2 rings (SSSR count). The number of amides is 1. The molecule has 5 N–H and O–H groups in total. The van der Waals surface area contributed by atoms with E-state index in [4.69, 9.17) is 10.9 Å². The van der Waals surface area contributed by atoms with Crippen molar-refractivity contribution in [1.82, 2.24) is 5.32 Å². The molecule has 1 fully saturated rings. The molecule has 2 unspecified atom stereocenters. The molecular weight excluding hydrogens is 338 g/mol. The minimum absolute atomic E-state index is 0. The lowest BCUT2D eigenvalue weighted by Gasteiger charge is -2.37. The smallest absolute Gasteiger partial charge is 0.238 e. The van der Waals surface area contributed by atoms with E-state index >= 15 is 0 Å². The molecule has 1 saturated carbocycles. The lowest BCUT2D eigenvalue weighted by molar-refractivity contribution is -0.128. The van der Waals surface area contributed by atoms with Crippen molar-refractivity contribution in [3.63, 3.8) is 0 Å². The standard InChI is InChI=1S/C15H23N3O3S.ClH/c1-15(16)9-3-2-4-13(15)14(19)18-10-11-5-7-12(8-6-11)22(17,20)21;/h5-8,13H,2-4,9-10,16H2,1H3,(H,18,19)(H2,17,20,21);1H. The zero-order valence-corrected chi connectivity index (χ0v) is 14.8. The van der Waals surface area contributed by atoms with Crippen LogP contribution < -0.4 is 16.2 Å². The van der Waals surface area contributed by atoms with E-state index in [1.165, 1.54) is 12.1 Å². The number of carbonyl (C=O) groups is 1. The second kappa shape index (κ2) is 7.61. The van der Waals surface area contributed by atoms with E-state index in [1.807, 2.05) is 6.92 Å². The zero-order chi connectivity index (χ0) is 16.4. The van der Waals surface area contributed by atoms with Gasteiger partial charge in [0.05, 0.1) is 10.8 Å². The topological polar surface area (TPSA) is 115 Å². The first kappa shape index (κ1) is 19.9. The van der Waals surface area contributed by atoms with Gasteiger partial charge < -0.3 is 11.1 Å². The van der Waals surface area contributed by atoms with Crippen LogP contribution in [-0.4, -0.2) is 19.9 Å². The Balaban J connectivity index is 0.00000264. The van der Waals surface area contributed by atoms with Gasteiger partial charge in [0, 0.05) is 12.1 Å². The Morgan fingerprint density at radius 3 is 2.43 bits per heavy atom. The van der Waals surface area contributed by atoms with Crippen LogP contribution in [0.3, 0.4) is 0 Å². The molecule has 0 heterocycles. The zero-order valence-electron chi connectivity index (χ0n) is 13.1. The average molecular weight is 362 g/mol. The van der Waals surface area contributed by atoms with E-state index in [0.29, 0.717) is 6.54 Å². The molecule has 2 atom stereocenters. The summed E-state index contributed by atoms with van der Waals surface area (Å²) in [6, 6.07) is 6.15. The molecule has 0 aliphatic heterocycles. The lowest BCUT2D eigenvalue weighted by Crippen LogP contribution is -2.52. The Bertz CT molecular complexity index is 644. The van der Waals surface area contributed by atoms with Crippen molar-refractivity contribution in [1.29, 1.82) is 0 Å². The molecule has 1 aliphatic rings. The number of carbonyl (C=O) groups excluding carboxylic acids is 1. The Morgan fingerprint density at radius 1 is 1.30 bits per heavy atom. The molecule has 6 nitrogen and oxygen atoms in total. The van der Waals surface area contributed by atoms with E-state index in [0.717, 1.165) is 31.2 Å². The summed E-state index contributed by atoms with van der Waals surface area (Å²) in [5.41, 5.74) is 6.57. The maximum atomic E-state index is 12.3. The van der Waals surface area contributed by atoms with Gasteiger partial charge in [-0.05, 0) is 37.5 Å². The van der Waals surface area contributed by atoms with Crippen LogP contribution in [0.25, 0.3) is 0 Å². The molecule has 8 heteroatoms. The predicted molar refractivity (Wildman–Crippen MR) is 91.5 cm³/mol. The van der Waals surface area contributed by atoms with Crippen LogP contribution in [0.2, 0.25) is 0 Å². The van der Waals surface area contributed by atoms with Crippen molar-refractivity contribution < 1.29 is 13.2 Å². The molecule has 23 heavy (non-hydrogen) atoms. The van der Waals surface area contributed by atoms with Crippen molar-refractivity contribution in [3.05, 3.63) is 29.8 Å². The van der Waals surface area contributed by atoms with Gasteiger partial charge in [-0.1, -0.05) is 25.0 Å². The van der Waals surface area contributed by atoms with Crippen molar-refractivity contribution in [3.8, 4) is 0 Å². The summed E-state index contributed by atoms with van der Waals surface area (Å²) in [5, 5.41) is 7.93. The quantitative estimate of drug-likeness (QED) is 0.749. The number of sulfonamides is 1. The molecule has 0 spiro atoms. The summed E-state index contributed by atoms with van der Waals surface area (Å²) in [4.78, 5) is 12.4. The third kappa shape index (κ3) is 5.17. The highest BCUT2D eigenvalue weighted by molar-refractivity contribution is 7.89. The largest absolute Gasteiger partial charge is 0.352 e. The van der Waals surface area contributed by atoms with Crippen molar-refractivity contribution >= 4 is 28.3 Å². The summed E-state index contributed by atoms with van der Waals surface area (Å²) in [7, 11) is -3.69. The average Bonchev–Trinajstić information content (AvgIpc) is 2.44. The van der Waals surface area contributed by atoms with Gasteiger partial charge in [-0.2, -0.15) is 0 Å². The first-order chi connectivity index (χ1) is 10.2. The van der Waals surface area contributed by atoms with Crippen LogP contribution in [0.15, 0.2) is 29.2 Å².